The van der Waals surface area contributed by atoms with Crippen LogP contribution in [0.3, 0.4) is 0 Å². The number of aromatic nitrogens is 4. The highest BCUT2D eigenvalue weighted by atomic mass is 32.1. The average molecular weight is 479 g/mol. The second-order valence-corrected chi connectivity index (χ2v) is 9.72. The Bertz CT molecular complexity index is 1290. The molecule has 0 aliphatic carbocycles. The molecule has 0 spiro atoms. The van der Waals surface area contributed by atoms with Gasteiger partial charge in [-0.25, -0.2) is 9.97 Å². The van der Waals surface area contributed by atoms with E-state index in [2.05, 4.69) is 26.0 Å². The monoisotopic (exact) mass is 478 g/mol. The lowest BCUT2D eigenvalue weighted by Gasteiger charge is -2.28. The third-order valence-electron chi connectivity index (χ3n) is 6.09. The van der Waals surface area contributed by atoms with E-state index >= 15 is 0 Å². The summed E-state index contributed by atoms with van der Waals surface area (Å²) in [5.41, 5.74) is 2.94. The largest absolute Gasteiger partial charge is 0.379 e. The molecule has 2 aliphatic rings. The van der Waals surface area contributed by atoms with Crippen molar-refractivity contribution in [1.82, 2.24) is 25.0 Å². The van der Waals surface area contributed by atoms with Gasteiger partial charge in [-0.3, -0.25) is 4.90 Å². The van der Waals surface area contributed by atoms with Crippen LogP contribution >= 0.6 is 11.3 Å². The quantitative estimate of drug-likeness (QED) is 0.428. The number of fused-ring (bicyclic) bond motifs is 1. The number of ether oxygens (including phenoxy) is 2. The molecule has 3 aromatic heterocycles. The highest BCUT2D eigenvalue weighted by Crippen LogP contribution is 2.35. The number of benzene rings is 1. The van der Waals surface area contributed by atoms with E-state index in [1.165, 1.54) is 4.88 Å². The summed E-state index contributed by atoms with van der Waals surface area (Å²) in [5, 5.41) is 4.21. The van der Waals surface area contributed by atoms with Crippen LogP contribution in [0.25, 0.3) is 33.3 Å². The Labute approximate surface area is 201 Å². The number of aryl methyl sites for hydroxylation is 1. The summed E-state index contributed by atoms with van der Waals surface area (Å²) < 4.78 is 17.7. The third-order valence-corrected chi connectivity index (χ3v) is 7.19. The topological polar surface area (TPSA) is 89.6 Å². The molecule has 0 unspecified atom stereocenters. The molecule has 0 atom stereocenters. The number of hydrogen-bond acceptors (Lipinski definition) is 10. The molecule has 176 valence electrons. The molecule has 10 heteroatoms. The number of rotatable bonds is 5. The van der Waals surface area contributed by atoms with Crippen molar-refractivity contribution in [2.24, 2.45) is 0 Å². The number of nitrogens with zero attached hydrogens (tertiary/aromatic N) is 6. The predicted molar refractivity (Wildman–Crippen MR) is 130 cm³/mol. The SMILES string of the molecule is Cc1cccc(-c2nc(-c3nc(N4CCOCC4)c4sc(CN5CCOCC5)cc4n3)no2)c1. The summed E-state index contributed by atoms with van der Waals surface area (Å²) in [5.74, 6) is 2.26. The zero-order valence-corrected chi connectivity index (χ0v) is 19.9. The number of hydrogen-bond donors (Lipinski definition) is 0. The Morgan fingerprint density at radius 3 is 2.50 bits per heavy atom. The van der Waals surface area contributed by atoms with E-state index in [4.69, 9.17) is 24.0 Å². The first-order chi connectivity index (χ1) is 16.7. The molecule has 34 heavy (non-hydrogen) atoms. The van der Waals surface area contributed by atoms with Gasteiger partial charge in [-0.2, -0.15) is 4.98 Å². The van der Waals surface area contributed by atoms with Gasteiger partial charge in [-0.05, 0) is 25.1 Å². The first kappa shape index (κ1) is 21.6. The average Bonchev–Trinajstić information content (AvgIpc) is 3.52. The number of anilines is 1. The zero-order valence-electron chi connectivity index (χ0n) is 19.1. The van der Waals surface area contributed by atoms with Crippen LogP contribution in [-0.2, 0) is 16.0 Å². The molecule has 6 rings (SSSR count). The Hall–Kier alpha value is -2.92. The molecular weight excluding hydrogens is 452 g/mol. The Morgan fingerprint density at radius 2 is 1.71 bits per heavy atom. The minimum Gasteiger partial charge on any atom is -0.379 e. The van der Waals surface area contributed by atoms with Gasteiger partial charge < -0.3 is 18.9 Å². The van der Waals surface area contributed by atoms with Crippen LogP contribution in [0.15, 0.2) is 34.9 Å². The fourth-order valence-corrected chi connectivity index (χ4v) is 5.48. The van der Waals surface area contributed by atoms with E-state index in [-0.39, 0.29) is 0 Å². The summed E-state index contributed by atoms with van der Waals surface area (Å²) in [4.78, 5) is 20.4. The standard InChI is InChI=1S/C24H26N6O3S/c1-16-3-2-4-17(13-16)24-27-22(28-33-24)21-25-19-14-18(15-29-5-9-31-10-6-29)34-20(19)23(26-21)30-7-11-32-12-8-30/h2-4,13-14H,5-12,15H2,1H3. The Balaban J connectivity index is 1.38. The molecule has 0 radical (unpaired) electrons. The van der Waals surface area contributed by atoms with Crippen LogP contribution < -0.4 is 4.90 Å². The lowest BCUT2D eigenvalue weighted by molar-refractivity contribution is 0.0346. The van der Waals surface area contributed by atoms with Crippen molar-refractivity contribution in [2.45, 2.75) is 13.5 Å². The van der Waals surface area contributed by atoms with Gasteiger partial charge in [0.15, 0.2) is 5.82 Å². The highest BCUT2D eigenvalue weighted by Gasteiger charge is 2.23. The van der Waals surface area contributed by atoms with Gasteiger partial charge in [-0.1, -0.05) is 22.9 Å². The minimum absolute atomic E-state index is 0.397. The maximum absolute atomic E-state index is 5.58. The number of thiophene rings is 1. The van der Waals surface area contributed by atoms with Crippen molar-refractivity contribution in [2.75, 3.05) is 57.5 Å². The minimum atomic E-state index is 0.397. The summed E-state index contributed by atoms with van der Waals surface area (Å²) >= 11 is 1.76. The van der Waals surface area contributed by atoms with Crippen LogP contribution in [0.2, 0.25) is 0 Å². The van der Waals surface area contributed by atoms with Crippen LogP contribution in [0.1, 0.15) is 10.4 Å². The van der Waals surface area contributed by atoms with Crippen LogP contribution in [0.4, 0.5) is 5.82 Å². The highest BCUT2D eigenvalue weighted by molar-refractivity contribution is 7.19. The molecule has 2 fully saturated rings. The van der Waals surface area contributed by atoms with Gasteiger partial charge >= 0.3 is 0 Å². The lowest BCUT2D eigenvalue weighted by Crippen LogP contribution is -2.36. The van der Waals surface area contributed by atoms with E-state index < -0.39 is 0 Å². The van der Waals surface area contributed by atoms with E-state index in [1.807, 2.05) is 31.2 Å². The number of morpholine rings is 2. The van der Waals surface area contributed by atoms with E-state index in [1.54, 1.807) is 11.3 Å². The van der Waals surface area contributed by atoms with E-state index in [0.717, 1.165) is 73.1 Å². The van der Waals surface area contributed by atoms with Crippen molar-refractivity contribution in [3.8, 4) is 23.1 Å². The molecule has 2 aliphatic heterocycles. The fraction of sp³-hybridized carbons (Fsp3) is 0.417. The molecular formula is C24H26N6O3S. The predicted octanol–water partition coefficient (Wildman–Crippen LogP) is 3.39. The van der Waals surface area contributed by atoms with Gasteiger partial charge in [0, 0.05) is 43.2 Å². The van der Waals surface area contributed by atoms with Gasteiger partial charge in [0.05, 0.1) is 36.6 Å². The van der Waals surface area contributed by atoms with Gasteiger partial charge in [0.25, 0.3) is 5.89 Å². The fourth-order valence-electron chi connectivity index (χ4n) is 4.32. The van der Waals surface area contributed by atoms with Crippen molar-refractivity contribution in [1.29, 1.82) is 0 Å². The lowest BCUT2D eigenvalue weighted by atomic mass is 10.1. The van der Waals surface area contributed by atoms with Crippen LogP contribution in [0, 0.1) is 6.92 Å². The normalized spacial score (nSPS) is 17.5. The van der Waals surface area contributed by atoms with Crippen LogP contribution in [0.5, 0.6) is 0 Å². The molecule has 5 heterocycles. The van der Waals surface area contributed by atoms with Crippen molar-refractivity contribution < 1.29 is 14.0 Å². The first-order valence-electron chi connectivity index (χ1n) is 11.6. The van der Waals surface area contributed by atoms with Gasteiger partial charge in [-0.15, -0.1) is 11.3 Å². The Kier molecular flexibility index (Phi) is 5.96. The smallest absolute Gasteiger partial charge is 0.258 e. The molecule has 9 nitrogen and oxygen atoms in total. The summed E-state index contributed by atoms with van der Waals surface area (Å²) in [6, 6.07) is 10.2. The third kappa shape index (κ3) is 4.41. The van der Waals surface area contributed by atoms with Crippen molar-refractivity contribution in [3.05, 3.63) is 40.8 Å². The second-order valence-electron chi connectivity index (χ2n) is 8.58. The van der Waals surface area contributed by atoms with Gasteiger partial charge in [0.2, 0.25) is 11.6 Å². The molecule has 2 saturated heterocycles. The van der Waals surface area contributed by atoms with Crippen LogP contribution in [-0.4, -0.2) is 77.6 Å². The molecule has 0 saturated carbocycles. The van der Waals surface area contributed by atoms with E-state index in [0.29, 0.717) is 30.8 Å². The summed E-state index contributed by atoms with van der Waals surface area (Å²) in [7, 11) is 0. The van der Waals surface area contributed by atoms with E-state index in [9.17, 15) is 0 Å². The molecule has 0 amide bonds. The second kappa shape index (κ2) is 9.38. The summed E-state index contributed by atoms with van der Waals surface area (Å²) in [6.07, 6.45) is 0. The maximum Gasteiger partial charge on any atom is 0.258 e. The first-order valence-corrected chi connectivity index (χ1v) is 12.4. The molecule has 1 aromatic carbocycles. The van der Waals surface area contributed by atoms with Crippen molar-refractivity contribution in [3.63, 3.8) is 0 Å². The molecule has 0 bridgehead atoms. The Morgan fingerprint density at radius 1 is 0.912 bits per heavy atom. The molecule has 4 aromatic rings. The zero-order chi connectivity index (χ0) is 22.9. The van der Waals surface area contributed by atoms with Crippen molar-refractivity contribution >= 4 is 27.4 Å². The molecule has 0 N–H and O–H groups in total. The van der Waals surface area contributed by atoms with Gasteiger partial charge in [0.1, 0.15) is 0 Å². The maximum atomic E-state index is 5.58. The summed E-state index contributed by atoms with van der Waals surface area (Å²) in [6.45, 7) is 9.37.